The predicted octanol–water partition coefficient (Wildman–Crippen LogP) is 8.41. The van der Waals surface area contributed by atoms with Crippen molar-refractivity contribution in [1.82, 2.24) is 4.98 Å². The third-order valence-corrected chi connectivity index (χ3v) is 15.1. The molecule has 6 rings (SSSR count). The van der Waals surface area contributed by atoms with Crippen molar-refractivity contribution in [2.24, 2.45) is 56.2 Å². The van der Waals surface area contributed by atoms with Gasteiger partial charge < -0.3 is 15.2 Å². The van der Waals surface area contributed by atoms with Gasteiger partial charge in [-0.3, -0.25) is 19.2 Å². The topological polar surface area (TPSA) is 123 Å². The molecule has 0 spiro atoms. The summed E-state index contributed by atoms with van der Waals surface area (Å²) in [5, 5.41) is 12.7. The summed E-state index contributed by atoms with van der Waals surface area (Å²) in [7, 11) is 0. The number of hydrogen-bond acceptors (Lipinski definition) is 6. The van der Waals surface area contributed by atoms with E-state index in [1.165, 1.54) is 0 Å². The lowest BCUT2D eigenvalue weighted by molar-refractivity contribution is -0.233. The van der Waals surface area contributed by atoms with Gasteiger partial charge in [0.15, 0.2) is 5.78 Å². The fraction of sp³-hybridized carbons (Fsp3) is 0.732. The van der Waals surface area contributed by atoms with Crippen LogP contribution < -0.4 is 5.32 Å². The number of nitrogens with one attached hydrogen (secondary N) is 1. The minimum atomic E-state index is -1.17. The lowest BCUT2D eigenvalue weighted by Crippen LogP contribution is -2.66. The number of amides is 1. The van der Waals surface area contributed by atoms with Gasteiger partial charge in [0.1, 0.15) is 11.9 Å². The first-order valence-corrected chi connectivity index (χ1v) is 18.7. The third kappa shape index (κ3) is 5.23. The second kappa shape index (κ2) is 11.8. The van der Waals surface area contributed by atoms with Gasteiger partial charge in [0.25, 0.3) is 0 Å². The highest BCUT2D eigenvalue weighted by atomic mass is 16.5. The number of anilines is 1. The van der Waals surface area contributed by atoms with Crippen molar-refractivity contribution in [3.63, 3.8) is 0 Å². The first-order chi connectivity index (χ1) is 22.7. The van der Waals surface area contributed by atoms with Crippen LogP contribution in [0.2, 0.25) is 0 Å². The van der Waals surface area contributed by atoms with E-state index in [2.05, 4.69) is 58.8 Å². The highest BCUT2D eigenvalue weighted by Crippen LogP contribution is 2.76. The maximum atomic E-state index is 14.4. The fourth-order valence-electron chi connectivity index (χ4n) is 12.4. The summed E-state index contributed by atoms with van der Waals surface area (Å²) in [6, 6.07) is 5.51. The van der Waals surface area contributed by atoms with Crippen LogP contribution in [0.25, 0.3) is 0 Å². The van der Waals surface area contributed by atoms with Crippen molar-refractivity contribution in [3.05, 3.63) is 35.5 Å². The van der Waals surface area contributed by atoms with Gasteiger partial charge in [-0.25, -0.2) is 4.98 Å². The number of carbonyl (C=O) groups is 4. The molecule has 3 unspecified atom stereocenters. The van der Waals surface area contributed by atoms with Crippen molar-refractivity contribution < 1.29 is 29.0 Å². The van der Waals surface area contributed by atoms with E-state index in [0.29, 0.717) is 24.1 Å². The summed E-state index contributed by atoms with van der Waals surface area (Å²) in [6.45, 7) is 19.3. The molecule has 8 nitrogen and oxygen atoms in total. The Hall–Kier alpha value is -3.03. The Morgan fingerprint density at radius 3 is 2.31 bits per heavy atom. The third-order valence-electron chi connectivity index (χ3n) is 15.1. The number of carbonyl (C=O) groups excluding carboxylic acids is 3. The monoisotopic (exact) mass is 674 g/mol. The Morgan fingerprint density at radius 1 is 0.959 bits per heavy atom. The first-order valence-electron chi connectivity index (χ1n) is 18.7. The van der Waals surface area contributed by atoms with Crippen LogP contribution in [0.1, 0.15) is 127 Å². The molecule has 4 fully saturated rings. The molecule has 8 atom stereocenters. The second-order valence-corrected chi connectivity index (χ2v) is 18.7. The van der Waals surface area contributed by atoms with Gasteiger partial charge >= 0.3 is 11.9 Å². The molecule has 4 saturated carbocycles. The van der Waals surface area contributed by atoms with E-state index in [1.807, 2.05) is 18.2 Å². The van der Waals surface area contributed by atoms with Crippen molar-refractivity contribution in [3.8, 4) is 0 Å². The largest absolute Gasteiger partial charge is 0.481 e. The SMILES string of the molecule is CC(C)C1=C2C3CCC4[C@@]5(C)CC[C@H](OC(=O)CC(C)(C)C(=O)O)C(C)(C)C5CC[C@@]4(C)[C@]3(C)CC[C@@]2(C(=O)Nc2ccccn2)CC1=O. The number of ether oxygens (including phenoxy) is 1. The van der Waals surface area contributed by atoms with Gasteiger partial charge in [0.05, 0.1) is 17.3 Å². The number of rotatable bonds is 7. The number of ketones is 1. The summed E-state index contributed by atoms with van der Waals surface area (Å²) in [4.78, 5) is 57.4. The number of hydrogen-bond donors (Lipinski definition) is 2. The molecular formula is C41H58N2O6. The maximum Gasteiger partial charge on any atom is 0.309 e. The zero-order chi connectivity index (χ0) is 35.9. The van der Waals surface area contributed by atoms with Gasteiger partial charge in [-0.15, -0.1) is 0 Å². The van der Waals surface area contributed by atoms with Gasteiger partial charge in [0, 0.05) is 18.0 Å². The molecule has 5 aliphatic rings. The molecule has 1 amide bonds. The Morgan fingerprint density at radius 2 is 1.67 bits per heavy atom. The average Bonchev–Trinajstić information content (AvgIpc) is 3.32. The molecule has 0 radical (unpaired) electrons. The van der Waals surface area contributed by atoms with Crippen LogP contribution in [0.5, 0.6) is 0 Å². The van der Waals surface area contributed by atoms with E-state index in [0.717, 1.165) is 56.1 Å². The molecule has 5 aliphatic carbocycles. The van der Waals surface area contributed by atoms with Crippen molar-refractivity contribution >= 4 is 29.4 Å². The van der Waals surface area contributed by atoms with Crippen molar-refractivity contribution in [2.75, 3.05) is 5.32 Å². The number of carboxylic acid groups (broad SMARTS) is 1. The van der Waals surface area contributed by atoms with Gasteiger partial charge in [-0.2, -0.15) is 0 Å². The highest BCUT2D eigenvalue weighted by Gasteiger charge is 2.71. The number of carboxylic acids is 1. The van der Waals surface area contributed by atoms with E-state index >= 15 is 0 Å². The molecule has 0 aliphatic heterocycles. The Labute approximate surface area is 292 Å². The summed E-state index contributed by atoms with van der Waals surface area (Å²) in [5.41, 5.74) is -0.264. The van der Waals surface area contributed by atoms with Gasteiger partial charge in [0.2, 0.25) is 5.91 Å². The number of Topliss-reactive ketones (excluding diaryl/α,β-unsaturated/α-hetero) is 1. The molecule has 0 aromatic carbocycles. The molecule has 8 heteroatoms. The average molecular weight is 675 g/mol. The Bertz CT molecular complexity index is 1580. The molecule has 1 heterocycles. The minimum absolute atomic E-state index is 0.0105. The summed E-state index contributed by atoms with van der Waals surface area (Å²) < 4.78 is 6.14. The number of aromatic nitrogens is 1. The summed E-state index contributed by atoms with van der Waals surface area (Å²) in [6.07, 6.45) is 8.87. The Balaban J connectivity index is 1.31. The lowest BCUT2D eigenvalue weighted by atomic mass is 9.33. The number of esters is 1. The Kier molecular flexibility index (Phi) is 8.59. The van der Waals surface area contributed by atoms with Crippen LogP contribution in [-0.4, -0.2) is 39.8 Å². The maximum absolute atomic E-state index is 14.4. The second-order valence-electron chi connectivity index (χ2n) is 18.7. The van der Waals surface area contributed by atoms with Crippen LogP contribution in [0.3, 0.4) is 0 Å². The number of aliphatic carboxylic acids is 1. The van der Waals surface area contributed by atoms with Crippen molar-refractivity contribution in [2.45, 2.75) is 133 Å². The summed E-state index contributed by atoms with van der Waals surface area (Å²) >= 11 is 0. The standard InChI is InChI=1S/C41H58N2O6/c1-24(2)32-26(44)22-41(34(46)43-30-12-10-11-21-42-30)20-19-39(8)25(33(32)41)13-14-28-38(7)17-16-29(49-31(45)23-36(3,4)35(47)48)37(5,6)27(38)15-18-40(28,39)9/h10-12,21,24-25,27-29H,13-20,22-23H2,1-9H3,(H,47,48)(H,42,43,46)/t25?,27?,28?,29-,38-,39+,40+,41+/m0/s1. The van der Waals surface area contributed by atoms with Crippen LogP contribution >= 0.6 is 0 Å². The highest BCUT2D eigenvalue weighted by molar-refractivity contribution is 6.09. The van der Waals surface area contributed by atoms with Crippen LogP contribution in [0, 0.1) is 56.2 Å². The molecule has 0 bridgehead atoms. The van der Waals surface area contributed by atoms with E-state index in [4.69, 9.17) is 4.74 Å². The quantitative estimate of drug-likeness (QED) is 0.279. The van der Waals surface area contributed by atoms with E-state index in [-0.39, 0.29) is 64.1 Å². The zero-order valence-electron chi connectivity index (χ0n) is 31.2. The van der Waals surface area contributed by atoms with Crippen LogP contribution in [0.15, 0.2) is 35.5 Å². The molecule has 1 aromatic heterocycles. The molecule has 2 N–H and O–H groups in total. The smallest absolute Gasteiger partial charge is 0.309 e. The summed E-state index contributed by atoms with van der Waals surface area (Å²) in [5.74, 6) is 0.155. The van der Waals surface area contributed by atoms with Crippen molar-refractivity contribution in [1.29, 1.82) is 0 Å². The van der Waals surface area contributed by atoms with Crippen LogP contribution in [0.4, 0.5) is 5.82 Å². The first kappa shape index (κ1) is 35.8. The van der Waals surface area contributed by atoms with Gasteiger partial charge in [-0.05, 0) is 128 Å². The molecule has 0 saturated heterocycles. The fourth-order valence-corrected chi connectivity index (χ4v) is 12.4. The zero-order valence-corrected chi connectivity index (χ0v) is 31.2. The van der Waals surface area contributed by atoms with Crippen LogP contribution in [-0.2, 0) is 23.9 Å². The van der Waals surface area contributed by atoms with Gasteiger partial charge in [-0.1, -0.05) is 54.5 Å². The number of fused-ring (bicyclic) bond motifs is 7. The number of pyridine rings is 1. The molecular weight excluding hydrogens is 616 g/mol. The van der Waals surface area contributed by atoms with E-state index in [9.17, 15) is 24.3 Å². The lowest BCUT2D eigenvalue weighted by Gasteiger charge is -2.72. The number of nitrogens with zero attached hydrogens (tertiary/aromatic N) is 1. The molecule has 49 heavy (non-hydrogen) atoms. The minimum Gasteiger partial charge on any atom is -0.481 e. The number of allylic oxidation sites excluding steroid dienone is 1. The van der Waals surface area contributed by atoms with E-state index < -0.39 is 22.8 Å². The normalized spacial score (nSPS) is 38.2. The predicted molar refractivity (Wildman–Crippen MR) is 188 cm³/mol. The molecule has 268 valence electrons. The van der Waals surface area contributed by atoms with E-state index in [1.54, 1.807) is 20.0 Å². The molecule has 1 aromatic rings.